The van der Waals surface area contributed by atoms with Crippen molar-refractivity contribution in [2.75, 3.05) is 0 Å². The van der Waals surface area contributed by atoms with Crippen LogP contribution in [0.1, 0.15) is 26.7 Å². The molecular weight excluding hydrogens is 120 g/mol. The molecule has 0 aromatic carbocycles. The lowest BCUT2D eigenvalue weighted by molar-refractivity contribution is -0.342. The van der Waals surface area contributed by atoms with E-state index in [4.69, 9.17) is 15.3 Å². The molecule has 3 heteroatoms. The van der Waals surface area contributed by atoms with Crippen LogP contribution in [0.3, 0.4) is 0 Å². The number of rotatable bonds is 3. The van der Waals surface area contributed by atoms with Crippen LogP contribution in [-0.4, -0.2) is 21.3 Å². The Morgan fingerprint density at radius 2 is 1.44 bits per heavy atom. The van der Waals surface area contributed by atoms with Gasteiger partial charge in [-0.05, 0) is 12.8 Å². The molecule has 3 N–H and O–H groups in total. The van der Waals surface area contributed by atoms with E-state index in [1.165, 1.54) is 0 Å². The van der Waals surface area contributed by atoms with Crippen LogP contribution < -0.4 is 0 Å². The fourth-order valence-corrected chi connectivity index (χ4v) is 0.836. The summed E-state index contributed by atoms with van der Waals surface area (Å²) in [7, 11) is 0. The Morgan fingerprint density at radius 1 is 1.11 bits per heavy atom. The Hall–Kier alpha value is -0.120. The van der Waals surface area contributed by atoms with Gasteiger partial charge in [-0.3, -0.25) is 0 Å². The molecule has 0 radical (unpaired) electrons. The molecule has 0 aromatic heterocycles. The Morgan fingerprint density at radius 3 is 1.44 bits per heavy atom. The zero-order valence-corrected chi connectivity index (χ0v) is 5.83. The van der Waals surface area contributed by atoms with E-state index in [-0.39, 0.29) is 0 Å². The van der Waals surface area contributed by atoms with Crippen LogP contribution in [0.2, 0.25) is 0 Å². The van der Waals surface area contributed by atoms with Crippen molar-refractivity contribution in [2.24, 2.45) is 5.92 Å². The van der Waals surface area contributed by atoms with Crippen LogP contribution in [0.5, 0.6) is 0 Å². The van der Waals surface area contributed by atoms with Gasteiger partial charge in [0.05, 0.1) is 0 Å². The summed E-state index contributed by atoms with van der Waals surface area (Å²) in [6.45, 7) is 3.59. The van der Waals surface area contributed by atoms with Gasteiger partial charge in [-0.2, -0.15) is 0 Å². The number of hydrogen-bond acceptors (Lipinski definition) is 3. The van der Waals surface area contributed by atoms with Gasteiger partial charge in [-0.1, -0.05) is 13.8 Å². The molecule has 0 aliphatic heterocycles. The largest absolute Gasteiger partial charge is 0.343 e. The lowest BCUT2D eigenvalue weighted by Crippen LogP contribution is -2.36. The van der Waals surface area contributed by atoms with E-state index in [0.717, 1.165) is 0 Å². The zero-order valence-electron chi connectivity index (χ0n) is 5.83. The van der Waals surface area contributed by atoms with E-state index in [1.54, 1.807) is 13.8 Å². The molecule has 0 aliphatic rings. The van der Waals surface area contributed by atoms with Crippen molar-refractivity contribution < 1.29 is 15.3 Å². The molecule has 0 aliphatic carbocycles. The SMILES string of the molecule is CCC(CC)C(O)(O)O. The maximum Gasteiger partial charge on any atom is 0.278 e. The highest BCUT2D eigenvalue weighted by Gasteiger charge is 2.28. The standard InChI is InChI=1S/C6H14O3/c1-3-5(4-2)6(7,8)9/h5,7-9H,3-4H2,1-2H3. The smallest absolute Gasteiger partial charge is 0.278 e. The molecule has 0 unspecified atom stereocenters. The summed E-state index contributed by atoms with van der Waals surface area (Å²) < 4.78 is 0. The van der Waals surface area contributed by atoms with Crippen molar-refractivity contribution in [2.45, 2.75) is 32.7 Å². The number of hydrogen-bond donors (Lipinski definition) is 3. The van der Waals surface area contributed by atoms with E-state index < -0.39 is 11.9 Å². The second-order valence-corrected chi connectivity index (χ2v) is 2.20. The van der Waals surface area contributed by atoms with Gasteiger partial charge in [0.15, 0.2) is 0 Å². The normalized spacial score (nSPS) is 12.7. The predicted octanol–water partition coefficient (Wildman–Crippen LogP) is 0.0533. The molecule has 0 bridgehead atoms. The van der Waals surface area contributed by atoms with Gasteiger partial charge in [-0.15, -0.1) is 0 Å². The minimum Gasteiger partial charge on any atom is -0.343 e. The predicted molar refractivity (Wildman–Crippen MR) is 33.5 cm³/mol. The van der Waals surface area contributed by atoms with Gasteiger partial charge in [0.25, 0.3) is 5.97 Å². The fraction of sp³-hybridized carbons (Fsp3) is 1.00. The van der Waals surface area contributed by atoms with Gasteiger partial charge in [0.1, 0.15) is 0 Å². The lowest BCUT2D eigenvalue weighted by atomic mass is 10.0. The van der Waals surface area contributed by atoms with E-state index >= 15 is 0 Å². The summed E-state index contributed by atoms with van der Waals surface area (Å²) in [5.74, 6) is -2.92. The van der Waals surface area contributed by atoms with Crippen molar-refractivity contribution in [3.05, 3.63) is 0 Å². The minimum absolute atomic E-state index is 0.433. The third-order valence-corrected chi connectivity index (χ3v) is 1.53. The Labute approximate surface area is 54.9 Å². The van der Waals surface area contributed by atoms with Crippen LogP contribution >= 0.6 is 0 Å². The molecule has 0 saturated heterocycles. The molecule has 0 aromatic rings. The molecule has 0 amide bonds. The monoisotopic (exact) mass is 134 g/mol. The fourth-order valence-electron chi connectivity index (χ4n) is 0.836. The summed E-state index contributed by atoms with van der Waals surface area (Å²) in [5.41, 5.74) is 0. The van der Waals surface area contributed by atoms with Crippen LogP contribution in [0, 0.1) is 5.92 Å². The molecule has 56 valence electrons. The highest BCUT2D eigenvalue weighted by molar-refractivity contribution is 4.60. The topological polar surface area (TPSA) is 60.7 Å². The summed E-state index contributed by atoms with van der Waals surface area (Å²) in [6, 6.07) is 0. The summed E-state index contributed by atoms with van der Waals surface area (Å²) >= 11 is 0. The highest BCUT2D eigenvalue weighted by atomic mass is 16.7. The van der Waals surface area contributed by atoms with Crippen molar-refractivity contribution in [3.63, 3.8) is 0 Å². The molecular formula is C6H14O3. The third-order valence-electron chi connectivity index (χ3n) is 1.53. The van der Waals surface area contributed by atoms with E-state index in [9.17, 15) is 0 Å². The molecule has 0 heterocycles. The molecule has 0 atom stereocenters. The quantitative estimate of drug-likeness (QED) is 0.478. The first-order valence-corrected chi connectivity index (χ1v) is 3.19. The van der Waals surface area contributed by atoms with Gasteiger partial charge in [0.2, 0.25) is 0 Å². The molecule has 0 saturated carbocycles. The Kier molecular flexibility index (Phi) is 3.11. The van der Waals surface area contributed by atoms with Crippen molar-refractivity contribution >= 4 is 0 Å². The second kappa shape index (κ2) is 3.15. The summed E-state index contributed by atoms with van der Waals surface area (Å²) in [4.78, 5) is 0. The maximum absolute atomic E-state index is 8.59. The molecule has 9 heavy (non-hydrogen) atoms. The lowest BCUT2D eigenvalue weighted by Gasteiger charge is -2.22. The van der Waals surface area contributed by atoms with Crippen LogP contribution in [0.25, 0.3) is 0 Å². The van der Waals surface area contributed by atoms with E-state index in [1.807, 2.05) is 0 Å². The molecule has 3 nitrogen and oxygen atoms in total. The highest BCUT2D eigenvalue weighted by Crippen LogP contribution is 2.17. The molecule has 0 rings (SSSR count). The van der Waals surface area contributed by atoms with Gasteiger partial charge < -0.3 is 15.3 Å². The average Bonchev–Trinajstić information content (AvgIpc) is 1.65. The van der Waals surface area contributed by atoms with Crippen molar-refractivity contribution in [1.29, 1.82) is 0 Å². The van der Waals surface area contributed by atoms with Gasteiger partial charge >= 0.3 is 0 Å². The van der Waals surface area contributed by atoms with E-state index in [2.05, 4.69) is 0 Å². The summed E-state index contributed by atoms with van der Waals surface area (Å²) in [6.07, 6.45) is 1.14. The molecule has 0 fully saturated rings. The number of aliphatic hydroxyl groups is 3. The first-order chi connectivity index (χ1) is 4.02. The second-order valence-electron chi connectivity index (χ2n) is 2.20. The zero-order chi connectivity index (χ0) is 7.49. The average molecular weight is 134 g/mol. The van der Waals surface area contributed by atoms with E-state index in [0.29, 0.717) is 12.8 Å². The summed E-state index contributed by atoms with van der Waals surface area (Å²) in [5, 5.41) is 25.8. The van der Waals surface area contributed by atoms with Gasteiger partial charge in [-0.25, -0.2) is 0 Å². The van der Waals surface area contributed by atoms with Crippen molar-refractivity contribution in [1.82, 2.24) is 0 Å². The third kappa shape index (κ3) is 2.79. The van der Waals surface area contributed by atoms with Gasteiger partial charge in [0, 0.05) is 5.92 Å². The molecule has 0 spiro atoms. The maximum atomic E-state index is 8.59. The minimum atomic E-state index is -2.48. The van der Waals surface area contributed by atoms with Crippen molar-refractivity contribution in [3.8, 4) is 0 Å². The Bertz CT molecular complexity index is 70.9. The van der Waals surface area contributed by atoms with Crippen LogP contribution in [0.4, 0.5) is 0 Å². The first-order valence-electron chi connectivity index (χ1n) is 3.19. The Balaban J connectivity index is 3.79. The van der Waals surface area contributed by atoms with Crippen LogP contribution in [-0.2, 0) is 0 Å². The van der Waals surface area contributed by atoms with Crippen LogP contribution in [0.15, 0.2) is 0 Å². The first kappa shape index (κ1) is 8.88.